The highest BCUT2D eigenvalue weighted by molar-refractivity contribution is 5.76. The molecular formula is C14H28N2O2. The Morgan fingerprint density at radius 1 is 1.28 bits per heavy atom. The highest BCUT2D eigenvalue weighted by Crippen LogP contribution is 2.30. The molecule has 0 heterocycles. The zero-order valence-corrected chi connectivity index (χ0v) is 11.8. The number of rotatable bonds is 8. The van der Waals surface area contributed by atoms with E-state index in [1.165, 1.54) is 25.7 Å². The lowest BCUT2D eigenvalue weighted by molar-refractivity contribution is -0.122. The van der Waals surface area contributed by atoms with Crippen molar-refractivity contribution in [2.75, 3.05) is 33.4 Å². The number of carbonyl (C=O) groups excluding carboxylic acids is 1. The summed E-state index contributed by atoms with van der Waals surface area (Å²) >= 11 is 0. The lowest BCUT2D eigenvalue weighted by atomic mass is 9.81. The van der Waals surface area contributed by atoms with E-state index in [0.717, 1.165) is 19.0 Å². The second-order valence-electron chi connectivity index (χ2n) is 5.43. The van der Waals surface area contributed by atoms with Crippen LogP contribution in [0, 0.1) is 11.8 Å². The number of hydrogen-bond acceptors (Lipinski definition) is 3. The molecule has 0 aliphatic heterocycles. The van der Waals surface area contributed by atoms with Gasteiger partial charge < -0.3 is 15.4 Å². The Kier molecular flexibility index (Phi) is 8.01. The molecule has 2 N–H and O–H groups in total. The molecule has 4 nitrogen and oxygen atoms in total. The summed E-state index contributed by atoms with van der Waals surface area (Å²) < 4.78 is 4.93. The van der Waals surface area contributed by atoms with Crippen LogP contribution in [0.3, 0.4) is 0 Å². The summed E-state index contributed by atoms with van der Waals surface area (Å²) in [5, 5.41) is 6.19. The standard InChI is InChI=1S/C14H28N2O2/c1-12-4-3-5-13(10-12)11-14(17)16-7-6-15-8-9-18-2/h12-13,15H,3-11H2,1-2H3,(H,16,17). The van der Waals surface area contributed by atoms with Crippen molar-refractivity contribution in [3.05, 3.63) is 0 Å². The first-order valence-corrected chi connectivity index (χ1v) is 7.18. The average Bonchev–Trinajstić information content (AvgIpc) is 2.33. The van der Waals surface area contributed by atoms with Crippen molar-refractivity contribution >= 4 is 5.91 Å². The first kappa shape index (κ1) is 15.4. The van der Waals surface area contributed by atoms with Crippen molar-refractivity contribution in [2.45, 2.75) is 39.0 Å². The molecule has 0 saturated heterocycles. The summed E-state index contributed by atoms with van der Waals surface area (Å²) in [5.74, 6) is 1.62. The van der Waals surface area contributed by atoms with Crippen LogP contribution in [0.5, 0.6) is 0 Å². The summed E-state index contributed by atoms with van der Waals surface area (Å²) in [4.78, 5) is 11.7. The van der Waals surface area contributed by atoms with Crippen molar-refractivity contribution in [1.29, 1.82) is 0 Å². The van der Waals surface area contributed by atoms with Crippen LogP contribution in [-0.2, 0) is 9.53 Å². The van der Waals surface area contributed by atoms with Crippen molar-refractivity contribution in [3.8, 4) is 0 Å². The Bertz CT molecular complexity index is 234. The van der Waals surface area contributed by atoms with Crippen LogP contribution >= 0.6 is 0 Å². The monoisotopic (exact) mass is 256 g/mol. The highest BCUT2D eigenvalue weighted by Gasteiger charge is 2.20. The number of ether oxygens (including phenoxy) is 1. The van der Waals surface area contributed by atoms with Crippen LogP contribution in [-0.4, -0.2) is 39.3 Å². The van der Waals surface area contributed by atoms with E-state index >= 15 is 0 Å². The zero-order chi connectivity index (χ0) is 13.2. The van der Waals surface area contributed by atoms with Crippen LogP contribution in [0.2, 0.25) is 0 Å². The summed E-state index contributed by atoms with van der Waals surface area (Å²) in [6.07, 6.45) is 5.78. The number of carbonyl (C=O) groups is 1. The van der Waals surface area contributed by atoms with Crippen LogP contribution in [0.25, 0.3) is 0 Å². The van der Waals surface area contributed by atoms with Crippen molar-refractivity contribution in [2.24, 2.45) is 11.8 Å². The molecule has 1 aliphatic rings. The van der Waals surface area contributed by atoms with Crippen LogP contribution in [0.4, 0.5) is 0 Å². The van der Waals surface area contributed by atoms with Gasteiger partial charge in [-0.15, -0.1) is 0 Å². The van der Waals surface area contributed by atoms with E-state index in [4.69, 9.17) is 4.74 Å². The normalized spacial score (nSPS) is 23.9. The summed E-state index contributed by atoms with van der Waals surface area (Å²) in [7, 11) is 1.69. The third kappa shape index (κ3) is 6.97. The second kappa shape index (κ2) is 9.34. The first-order chi connectivity index (χ1) is 8.72. The quantitative estimate of drug-likeness (QED) is 0.648. The van der Waals surface area contributed by atoms with Crippen LogP contribution < -0.4 is 10.6 Å². The third-order valence-electron chi connectivity index (χ3n) is 3.63. The van der Waals surface area contributed by atoms with E-state index in [2.05, 4.69) is 17.6 Å². The van der Waals surface area contributed by atoms with Gasteiger partial charge in [-0.3, -0.25) is 4.79 Å². The van der Waals surface area contributed by atoms with Crippen molar-refractivity contribution in [3.63, 3.8) is 0 Å². The Hall–Kier alpha value is -0.610. The number of nitrogens with one attached hydrogen (secondary N) is 2. The van der Waals surface area contributed by atoms with Gasteiger partial charge in [0.2, 0.25) is 5.91 Å². The number of amides is 1. The first-order valence-electron chi connectivity index (χ1n) is 7.18. The van der Waals surface area contributed by atoms with Crippen LogP contribution in [0.15, 0.2) is 0 Å². The van der Waals surface area contributed by atoms with Gasteiger partial charge in [0.15, 0.2) is 0 Å². The molecule has 106 valence electrons. The third-order valence-corrected chi connectivity index (χ3v) is 3.63. The van der Waals surface area contributed by atoms with Gasteiger partial charge >= 0.3 is 0 Å². The highest BCUT2D eigenvalue weighted by atomic mass is 16.5. The fourth-order valence-corrected chi connectivity index (χ4v) is 2.67. The summed E-state index contributed by atoms with van der Waals surface area (Å²) in [5.41, 5.74) is 0. The molecule has 18 heavy (non-hydrogen) atoms. The molecule has 1 saturated carbocycles. The second-order valence-corrected chi connectivity index (χ2v) is 5.43. The summed E-state index contributed by atoms with van der Waals surface area (Å²) in [6, 6.07) is 0. The largest absolute Gasteiger partial charge is 0.383 e. The smallest absolute Gasteiger partial charge is 0.220 e. The van der Waals surface area contributed by atoms with E-state index in [-0.39, 0.29) is 5.91 Å². The van der Waals surface area contributed by atoms with Gasteiger partial charge in [0.05, 0.1) is 6.61 Å². The molecule has 1 aliphatic carbocycles. The Morgan fingerprint density at radius 2 is 2.11 bits per heavy atom. The fourth-order valence-electron chi connectivity index (χ4n) is 2.67. The molecule has 4 heteroatoms. The number of hydrogen-bond donors (Lipinski definition) is 2. The van der Waals surface area contributed by atoms with E-state index in [1.807, 2.05) is 0 Å². The molecule has 0 aromatic heterocycles. The van der Waals surface area contributed by atoms with Gasteiger partial charge in [-0.05, 0) is 24.7 Å². The molecule has 1 fully saturated rings. The maximum absolute atomic E-state index is 11.7. The molecule has 2 atom stereocenters. The van der Waals surface area contributed by atoms with Gasteiger partial charge in [0.25, 0.3) is 0 Å². The molecule has 1 rings (SSSR count). The van der Waals surface area contributed by atoms with Crippen molar-refractivity contribution < 1.29 is 9.53 Å². The van der Waals surface area contributed by atoms with Crippen molar-refractivity contribution in [1.82, 2.24) is 10.6 Å². The molecule has 0 radical (unpaired) electrons. The van der Waals surface area contributed by atoms with Gasteiger partial charge in [-0.1, -0.05) is 19.8 Å². The molecule has 0 aromatic rings. The minimum atomic E-state index is 0.211. The van der Waals surface area contributed by atoms with E-state index in [1.54, 1.807) is 7.11 Å². The van der Waals surface area contributed by atoms with Gasteiger partial charge in [0, 0.05) is 33.2 Å². The maximum Gasteiger partial charge on any atom is 0.220 e. The van der Waals surface area contributed by atoms with Gasteiger partial charge in [0.1, 0.15) is 0 Å². The predicted octanol–water partition coefficient (Wildman–Crippen LogP) is 1.55. The van der Waals surface area contributed by atoms with Crippen LogP contribution in [0.1, 0.15) is 39.0 Å². The Balaban J connectivity index is 1.99. The number of methoxy groups -OCH3 is 1. The Morgan fingerprint density at radius 3 is 2.83 bits per heavy atom. The van der Waals surface area contributed by atoms with E-state index in [9.17, 15) is 4.79 Å². The maximum atomic E-state index is 11.7. The predicted molar refractivity (Wildman–Crippen MR) is 73.5 cm³/mol. The Labute approximate surface area is 111 Å². The molecule has 0 bridgehead atoms. The van der Waals surface area contributed by atoms with E-state index in [0.29, 0.717) is 25.5 Å². The minimum Gasteiger partial charge on any atom is -0.383 e. The fraction of sp³-hybridized carbons (Fsp3) is 0.929. The van der Waals surface area contributed by atoms with Gasteiger partial charge in [-0.25, -0.2) is 0 Å². The topological polar surface area (TPSA) is 50.4 Å². The average molecular weight is 256 g/mol. The molecule has 0 aromatic carbocycles. The lowest BCUT2D eigenvalue weighted by Gasteiger charge is -2.26. The minimum absolute atomic E-state index is 0.211. The molecular weight excluding hydrogens is 228 g/mol. The zero-order valence-electron chi connectivity index (χ0n) is 11.8. The SMILES string of the molecule is COCCNCCNC(=O)CC1CCCC(C)C1. The van der Waals surface area contributed by atoms with E-state index < -0.39 is 0 Å². The molecule has 1 amide bonds. The lowest BCUT2D eigenvalue weighted by Crippen LogP contribution is -2.34. The molecule has 0 spiro atoms. The molecule has 2 unspecified atom stereocenters. The van der Waals surface area contributed by atoms with Gasteiger partial charge in [-0.2, -0.15) is 0 Å². The summed E-state index contributed by atoms with van der Waals surface area (Å²) in [6.45, 7) is 5.38.